The third-order valence-electron chi connectivity index (χ3n) is 25.9. The number of benzene rings is 20. The molecule has 2 aliphatic carbocycles. The summed E-state index contributed by atoms with van der Waals surface area (Å²) in [5.74, 6) is 0. The second kappa shape index (κ2) is 33.5. The maximum absolute atomic E-state index is 3.74. The Kier molecular flexibility index (Phi) is 20.4. The molecule has 0 unspecified atom stereocenters. The number of anilines is 3. The van der Waals surface area contributed by atoms with E-state index in [2.05, 4.69) is 540 Å². The largest absolute Gasteiger partial charge is 0.310 e. The van der Waals surface area contributed by atoms with Gasteiger partial charge in [0.2, 0.25) is 0 Å². The molecule has 0 fully saturated rings. The molecule has 20 aromatic carbocycles. The van der Waals surface area contributed by atoms with Crippen LogP contribution in [0.3, 0.4) is 0 Å². The minimum Gasteiger partial charge on any atom is -0.310 e. The van der Waals surface area contributed by atoms with Crippen LogP contribution in [0.15, 0.2) is 514 Å². The molecule has 0 aliphatic heterocycles. The van der Waals surface area contributed by atoms with Crippen molar-refractivity contribution >= 4 is 76.6 Å². The van der Waals surface area contributed by atoms with Gasteiger partial charge < -0.3 is 14.0 Å². The van der Waals surface area contributed by atoms with Crippen molar-refractivity contribution < 1.29 is 0 Å². The number of fused-ring (bicyclic) bond motifs is 12. The lowest BCUT2D eigenvalue weighted by Gasteiger charge is -2.35. The summed E-state index contributed by atoms with van der Waals surface area (Å²) in [4.78, 5) is 2.45. The molecular weight excluding hydrogens is 1600 g/mol. The van der Waals surface area contributed by atoms with Gasteiger partial charge >= 0.3 is 0 Å². The van der Waals surface area contributed by atoms with E-state index in [0.29, 0.717) is 0 Å². The molecule has 3 nitrogen and oxygen atoms in total. The van der Waals surface area contributed by atoms with Crippen LogP contribution in [0.4, 0.5) is 17.1 Å². The van der Waals surface area contributed by atoms with Gasteiger partial charge in [-0.1, -0.05) is 441 Å². The maximum Gasteiger partial charge on any atom is 0.0714 e. The summed E-state index contributed by atoms with van der Waals surface area (Å²) in [5.41, 5.74) is 37.5. The van der Waals surface area contributed by atoms with Gasteiger partial charge in [-0.25, -0.2) is 0 Å². The molecule has 2 aromatic heterocycles. The summed E-state index contributed by atoms with van der Waals surface area (Å²) in [6, 6.07) is 185. The lowest BCUT2D eigenvalue weighted by molar-refractivity contribution is 0.767. The Bertz CT molecular complexity index is 7700. The number of hydrogen-bond donors (Lipinski definition) is 0. The van der Waals surface area contributed by atoms with Crippen LogP contribution in [0.5, 0.6) is 0 Å². The summed E-state index contributed by atoms with van der Waals surface area (Å²) < 4.78 is 5.88. The van der Waals surface area contributed by atoms with E-state index < -0.39 is 5.41 Å². The summed E-state index contributed by atoms with van der Waals surface area (Å²) in [6.45, 7) is 0. The molecule has 0 radical (unpaired) electrons. The van der Waals surface area contributed by atoms with E-state index in [4.69, 9.17) is 0 Å². The van der Waals surface area contributed by atoms with E-state index in [1.165, 1.54) is 166 Å². The zero-order valence-corrected chi connectivity index (χ0v) is 71.5. The minimum atomic E-state index is -0.514. The van der Waals surface area contributed by atoms with Crippen molar-refractivity contribution in [1.82, 2.24) is 9.13 Å². The molecule has 127 heavy (non-hydrogen) atoms. The van der Waals surface area contributed by atoms with E-state index in [9.17, 15) is 0 Å². The summed E-state index contributed by atoms with van der Waals surface area (Å²) in [6.07, 6.45) is 0.935. The van der Waals surface area contributed by atoms with Crippen LogP contribution in [0.1, 0.15) is 55.6 Å². The van der Waals surface area contributed by atoms with Crippen molar-refractivity contribution in [3.8, 4) is 78.1 Å². The predicted octanol–water partition coefficient (Wildman–Crippen LogP) is 32.5. The first kappa shape index (κ1) is 77.3. The highest BCUT2D eigenvalue weighted by Crippen LogP contribution is 2.60. The number of rotatable bonds is 15. The molecule has 600 valence electrons. The Morgan fingerprint density at radius 2 is 0.543 bits per heavy atom. The van der Waals surface area contributed by atoms with Gasteiger partial charge in [-0.05, 0) is 208 Å². The topological polar surface area (TPSA) is 13.1 Å². The third kappa shape index (κ3) is 13.6. The first-order valence-electron chi connectivity index (χ1n) is 43.8. The van der Waals surface area contributed by atoms with Crippen LogP contribution in [0.25, 0.3) is 122 Å². The molecular formula is C123H86BrN3. The predicted molar refractivity (Wildman–Crippen MR) is 536 cm³/mol. The summed E-state index contributed by atoms with van der Waals surface area (Å²) >= 11 is 3.74. The van der Waals surface area contributed by atoms with Crippen LogP contribution in [0.2, 0.25) is 0 Å². The van der Waals surface area contributed by atoms with Crippen LogP contribution in [-0.2, 0) is 17.3 Å². The summed E-state index contributed by atoms with van der Waals surface area (Å²) in [7, 11) is 0. The van der Waals surface area contributed by atoms with Crippen LogP contribution in [0, 0.1) is 0 Å². The van der Waals surface area contributed by atoms with Crippen molar-refractivity contribution in [2.24, 2.45) is 0 Å². The number of aromatic nitrogens is 2. The SMILES string of the molecule is Brc1ccccc1-c1ccccc1-c1ccc2c3ccccc3n(-c3ccccc3)c2c1.c1ccc(Cc2ccc3c(c2)C(c2ccccc2)(c2ccccc2)c2ccccc2-3)cc1.c1ccc(N(c2ccc3c(c2)C(c2ccccc2)(c2ccccc2)c2ccccc2-3)c2ccccc2-c2ccccc2-c2ccc3c4ccccc4n(-c4ccccc4)c3c2)cc1. The van der Waals surface area contributed by atoms with Crippen LogP contribution < -0.4 is 4.90 Å². The number of nitrogens with zero attached hydrogens (tertiary/aromatic N) is 3. The Labute approximate surface area is 750 Å². The van der Waals surface area contributed by atoms with Crippen LogP contribution >= 0.6 is 15.9 Å². The summed E-state index contributed by atoms with van der Waals surface area (Å²) in [5, 5.41) is 5.04. The van der Waals surface area contributed by atoms with E-state index in [-0.39, 0.29) is 5.41 Å². The fourth-order valence-corrected chi connectivity index (χ4v) is 21.0. The monoisotopic (exact) mass is 1680 g/mol. The lowest BCUT2D eigenvalue weighted by Crippen LogP contribution is -2.28. The molecule has 0 bridgehead atoms. The zero-order chi connectivity index (χ0) is 84.6. The number of halogens is 1. The highest BCUT2D eigenvalue weighted by atomic mass is 79.9. The molecule has 2 aliphatic rings. The van der Waals surface area contributed by atoms with E-state index in [1.54, 1.807) is 0 Å². The molecule has 4 heteroatoms. The molecule has 0 saturated heterocycles. The van der Waals surface area contributed by atoms with E-state index >= 15 is 0 Å². The third-order valence-corrected chi connectivity index (χ3v) is 26.6. The van der Waals surface area contributed by atoms with Crippen molar-refractivity contribution in [3.63, 3.8) is 0 Å². The molecule has 0 N–H and O–H groups in total. The smallest absolute Gasteiger partial charge is 0.0714 e. The Morgan fingerprint density at radius 3 is 1.02 bits per heavy atom. The highest BCUT2D eigenvalue weighted by molar-refractivity contribution is 9.10. The maximum atomic E-state index is 3.74. The van der Waals surface area contributed by atoms with Crippen molar-refractivity contribution in [3.05, 3.63) is 570 Å². The standard InChI is InChI=1S/C61H42N2.C32H24.C30H20BrN/c1-5-21-44(22-6-1)61(45-23-7-2-8-24-45)56-34-18-15-31-51(56)52-40-38-48(42-57(52)61)62(46-25-9-3-10-26-46)58-35-19-16-32-53(58)50-30-14-13-29-49(50)43-37-39-55-54-33-17-20-36-59(54)63(60(55)41-43)47-27-11-4-12-28-47;1-4-12-24(13-5-1)22-25-20-21-29-28-18-10-11-19-30(28)32(31(29)23-25,26-14-6-2-7-15-26)27-16-8-3-9-17-27;31-28-16-8-6-14-25(28)24-13-5-4-12-23(24)21-18-19-27-26-15-7-9-17-29(26)32(30(27)20-21)22-10-2-1-3-11-22/h1-42H;1-21,23H,22H2;1-20H. The van der Waals surface area contributed by atoms with E-state index in [1.807, 2.05) is 0 Å². The van der Waals surface area contributed by atoms with Crippen molar-refractivity contribution in [1.29, 1.82) is 0 Å². The molecule has 0 saturated carbocycles. The van der Waals surface area contributed by atoms with Crippen LogP contribution in [-0.4, -0.2) is 9.13 Å². The normalized spacial score (nSPS) is 12.4. The fraction of sp³-hybridized carbons (Fsp3) is 0.0244. The minimum absolute atomic E-state index is 0.318. The first-order valence-corrected chi connectivity index (χ1v) is 44.6. The van der Waals surface area contributed by atoms with Gasteiger partial charge in [0.05, 0.1) is 38.6 Å². The number of para-hydroxylation sites is 6. The van der Waals surface area contributed by atoms with Gasteiger partial charge in [-0.2, -0.15) is 0 Å². The van der Waals surface area contributed by atoms with Gasteiger partial charge in [0.15, 0.2) is 0 Å². The van der Waals surface area contributed by atoms with Gasteiger partial charge in [0, 0.05) is 54.3 Å². The van der Waals surface area contributed by atoms with Gasteiger partial charge in [-0.15, -0.1) is 0 Å². The van der Waals surface area contributed by atoms with E-state index in [0.717, 1.165) is 39.2 Å². The zero-order valence-electron chi connectivity index (χ0n) is 69.9. The Balaban J connectivity index is 0.000000125. The van der Waals surface area contributed by atoms with Crippen molar-refractivity contribution in [2.75, 3.05) is 4.90 Å². The lowest BCUT2D eigenvalue weighted by atomic mass is 9.67. The average molecular weight is 1690 g/mol. The van der Waals surface area contributed by atoms with Gasteiger partial charge in [0.1, 0.15) is 0 Å². The first-order chi connectivity index (χ1) is 63.0. The Hall–Kier alpha value is -15.7. The Morgan fingerprint density at radius 1 is 0.205 bits per heavy atom. The molecule has 0 atom stereocenters. The molecule has 0 amide bonds. The molecule has 22 aromatic rings. The quantitative estimate of drug-likeness (QED) is 0.0997. The average Bonchev–Trinajstić information content (AvgIpc) is 1.54. The second-order valence-corrected chi connectivity index (χ2v) is 33.8. The van der Waals surface area contributed by atoms with Crippen molar-refractivity contribution in [2.45, 2.75) is 17.3 Å². The molecule has 2 heterocycles. The van der Waals surface area contributed by atoms with Gasteiger partial charge in [-0.3, -0.25) is 0 Å². The second-order valence-electron chi connectivity index (χ2n) is 32.9. The fourth-order valence-electron chi connectivity index (χ4n) is 20.5. The highest BCUT2D eigenvalue weighted by Gasteiger charge is 2.48. The molecule has 24 rings (SSSR count). The molecule has 0 spiro atoms. The number of hydrogen-bond acceptors (Lipinski definition) is 1. The van der Waals surface area contributed by atoms with Gasteiger partial charge in [0.25, 0.3) is 0 Å².